The number of hydrogen-bond acceptors (Lipinski definition) is 3. The third-order valence-corrected chi connectivity index (χ3v) is 3.79. The van der Waals surface area contributed by atoms with E-state index in [1.807, 2.05) is 12.1 Å². The number of nitrogens with one attached hydrogen (secondary N) is 1. The molecule has 0 fully saturated rings. The molecule has 3 rings (SSSR count). The van der Waals surface area contributed by atoms with Crippen LogP contribution in [0.15, 0.2) is 22.8 Å². The second kappa shape index (κ2) is 4.43. The molecule has 0 spiro atoms. The minimum absolute atomic E-state index is 0.433. The molecular formula is C15H16N3O+. The average Bonchev–Trinajstić information content (AvgIpc) is 2.91. The molecule has 96 valence electrons. The highest BCUT2D eigenvalue weighted by Gasteiger charge is 2.28. The number of furan rings is 1. The number of aryl methyl sites for hydroxylation is 1. The molecule has 2 heterocycles. The number of nitriles is 1. The molecule has 4 heteroatoms. The van der Waals surface area contributed by atoms with Crippen molar-refractivity contribution in [1.29, 1.82) is 5.26 Å². The predicted molar refractivity (Wildman–Crippen MR) is 71.0 cm³/mol. The van der Waals surface area contributed by atoms with Crippen molar-refractivity contribution in [2.24, 2.45) is 5.92 Å². The lowest BCUT2D eigenvalue weighted by atomic mass is 9.83. The molecular weight excluding hydrogens is 238 g/mol. The molecule has 4 nitrogen and oxygen atoms in total. The van der Waals surface area contributed by atoms with E-state index in [-0.39, 0.29) is 0 Å². The van der Waals surface area contributed by atoms with Crippen molar-refractivity contribution in [3.05, 3.63) is 35.2 Å². The molecule has 0 aromatic carbocycles. The van der Waals surface area contributed by atoms with Gasteiger partial charge in [0, 0.05) is 12.0 Å². The van der Waals surface area contributed by atoms with Crippen LogP contribution in [0.3, 0.4) is 0 Å². The van der Waals surface area contributed by atoms with Crippen molar-refractivity contribution in [2.75, 3.05) is 5.73 Å². The summed E-state index contributed by atoms with van der Waals surface area (Å²) < 4.78 is 5.50. The Morgan fingerprint density at radius 2 is 2.37 bits per heavy atom. The number of H-pyrrole nitrogens is 1. The molecule has 1 aliphatic rings. The van der Waals surface area contributed by atoms with E-state index < -0.39 is 0 Å². The average molecular weight is 254 g/mol. The van der Waals surface area contributed by atoms with Crippen LogP contribution in [0.4, 0.5) is 5.82 Å². The highest BCUT2D eigenvalue weighted by Crippen LogP contribution is 2.35. The molecule has 19 heavy (non-hydrogen) atoms. The Morgan fingerprint density at radius 1 is 1.53 bits per heavy atom. The molecule has 0 unspecified atom stereocenters. The number of aromatic nitrogens is 1. The van der Waals surface area contributed by atoms with Crippen molar-refractivity contribution in [2.45, 2.75) is 26.2 Å². The van der Waals surface area contributed by atoms with Crippen LogP contribution in [-0.2, 0) is 12.8 Å². The summed E-state index contributed by atoms with van der Waals surface area (Å²) in [6.45, 7) is 2.23. The largest absolute Gasteiger partial charge is 0.464 e. The minimum Gasteiger partial charge on any atom is -0.464 e. The number of hydrogen-bond donors (Lipinski definition) is 1. The van der Waals surface area contributed by atoms with Gasteiger partial charge >= 0.3 is 0 Å². The number of pyridine rings is 1. The van der Waals surface area contributed by atoms with Gasteiger partial charge in [-0.25, -0.2) is 4.98 Å². The number of nitrogens with two attached hydrogens (primary N) is 1. The van der Waals surface area contributed by atoms with E-state index in [0.29, 0.717) is 17.3 Å². The Hall–Kier alpha value is -2.28. The SMILES string of the molecule is C[C@@H]1CCc2[nH+]c(N)c(C#N)c(-c3ccco3)c2C1. The quantitative estimate of drug-likeness (QED) is 0.848. The van der Waals surface area contributed by atoms with Gasteiger partial charge in [-0.05, 0) is 30.9 Å². The summed E-state index contributed by atoms with van der Waals surface area (Å²) in [5, 5.41) is 9.37. The van der Waals surface area contributed by atoms with Gasteiger partial charge in [-0.15, -0.1) is 0 Å². The lowest BCUT2D eigenvalue weighted by Gasteiger charge is -2.22. The summed E-state index contributed by atoms with van der Waals surface area (Å²) in [6.07, 6.45) is 4.70. The summed E-state index contributed by atoms with van der Waals surface area (Å²) in [5.74, 6) is 1.77. The maximum atomic E-state index is 9.37. The van der Waals surface area contributed by atoms with E-state index in [9.17, 15) is 5.26 Å². The molecule has 0 bridgehead atoms. The van der Waals surface area contributed by atoms with Gasteiger partial charge in [0.15, 0.2) is 5.56 Å². The Morgan fingerprint density at radius 3 is 3.05 bits per heavy atom. The summed E-state index contributed by atoms with van der Waals surface area (Å²) in [4.78, 5) is 3.18. The Balaban J connectivity index is 2.30. The molecule has 1 aliphatic carbocycles. The predicted octanol–water partition coefficient (Wildman–Crippen LogP) is 2.34. The van der Waals surface area contributed by atoms with Gasteiger partial charge in [0.05, 0.1) is 11.8 Å². The van der Waals surface area contributed by atoms with Crippen LogP contribution in [-0.4, -0.2) is 0 Å². The second-order valence-electron chi connectivity index (χ2n) is 5.18. The standard InChI is InChI=1S/C15H15N3O/c1-9-4-5-12-10(7-9)14(13-3-2-6-19-13)11(8-16)15(17)18-12/h2-3,6,9H,4-5,7H2,1H3,(H2,17,18)/p+1/t9-/m1/s1. The van der Waals surface area contributed by atoms with Gasteiger partial charge in [0.25, 0.3) is 5.82 Å². The van der Waals surface area contributed by atoms with Gasteiger partial charge in [-0.2, -0.15) is 5.26 Å². The van der Waals surface area contributed by atoms with Gasteiger partial charge in [0.2, 0.25) is 0 Å². The fourth-order valence-electron chi connectivity index (χ4n) is 2.83. The van der Waals surface area contributed by atoms with Crippen molar-refractivity contribution < 1.29 is 9.40 Å². The van der Waals surface area contributed by atoms with Gasteiger partial charge in [-0.3, -0.25) is 5.73 Å². The van der Waals surface area contributed by atoms with Crippen LogP contribution in [0.2, 0.25) is 0 Å². The number of fused-ring (bicyclic) bond motifs is 1. The van der Waals surface area contributed by atoms with E-state index in [1.165, 1.54) is 5.56 Å². The molecule has 3 N–H and O–H groups in total. The topological polar surface area (TPSA) is 77.1 Å². The molecule has 0 radical (unpaired) electrons. The van der Waals surface area contributed by atoms with Crippen LogP contribution in [0, 0.1) is 17.2 Å². The third-order valence-electron chi connectivity index (χ3n) is 3.79. The Labute approximate surface area is 111 Å². The zero-order chi connectivity index (χ0) is 13.4. The first kappa shape index (κ1) is 11.8. The normalized spacial score (nSPS) is 17.8. The fourth-order valence-corrected chi connectivity index (χ4v) is 2.83. The van der Waals surface area contributed by atoms with Crippen LogP contribution in [0.1, 0.15) is 30.2 Å². The first-order valence-corrected chi connectivity index (χ1v) is 6.51. The summed E-state index contributed by atoms with van der Waals surface area (Å²) >= 11 is 0. The number of aromatic amines is 1. The molecule has 0 saturated carbocycles. The molecule has 2 aromatic heterocycles. The molecule has 0 saturated heterocycles. The zero-order valence-electron chi connectivity index (χ0n) is 10.9. The summed E-state index contributed by atoms with van der Waals surface area (Å²) in [7, 11) is 0. The zero-order valence-corrected chi connectivity index (χ0v) is 10.9. The lowest BCUT2D eigenvalue weighted by Crippen LogP contribution is -2.26. The van der Waals surface area contributed by atoms with Crippen LogP contribution < -0.4 is 10.7 Å². The summed E-state index contributed by atoms with van der Waals surface area (Å²) in [6, 6.07) is 5.92. The van der Waals surface area contributed by atoms with Crippen LogP contribution in [0.25, 0.3) is 11.3 Å². The van der Waals surface area contributed by atoms with E-state index >= 15 is 0 Å². The highest BCUT2D eigenvalue weighted by atomic mass is 16.3. The summed E-state index contributed by atoms with van der Waals surface area (Å²) in [5.41, 5.74) is 9.65. The molecule has 1 atom stereocenters. The number of nitrogens with zero attached hydrogens (tertiary/aromatic N) is 1. The van der Waals surface area contributed by atoms with Crippen molar-refractivity contribution in [3.63, 3.8) is 0 Å². The van der Waals surface area contributed by atoms with E-state index in [4.69, 9.17) is 10.2 Å². The van der Waals surface area contributed by atoms with E-state index in [1.54, 1.807) is 6.26 Å². The van der Waals surface area contributed by atoms with E-state index in [2.05, 4.69) is 18.0 Å². The lowest BCUT2D eigenvalue weighted by molar-refractivity contribution is -0.375. The minimum atomic E-state index is 0.433. The Kier molecular flexibility index (Phi) is 2.75. The third kappa shape index (κ3) is 1.88. The first-order valence-electron chi connectivity index (χ1n) is 6.51. The van der Waals surface area contributed by atoms with Crippen LogP contribution >= 0.6 is 0 Å². The number of rotatable bonds is 1. The number of anilines is 1. The maximum absolute atomic E-state index is 9.37. The Bertz CT molecular complexity index is 653. The van der Waals surface area contributed by atoms with Crippen molar-refractivity contribution >= 4 is 5.82 Å². The molecule has 0 aliphatic heterocycles. The fraction of sp³-hybridized carbons (Fsp3) is 0.333. The van der Waals surface area contributed by atoms with Gasteiger partial charge in [-0.1, -0.05) is 6.92 Å². The molecule has 0 amide bonds. The molecule has 2 aromatic rings. The smallest absolute Gasteiger partial charge is 0.289 e. The van der Waals surface area contributed by atoms with Crippen molar-refractivity contribution in [1.82, 2.24) is 0 Å². The van der Waals surface area contributed by atoms with Gasteiger partial charge < -0.3 is 4.42 Å². The van der Waals surface area contributed by atoms with E-state index in [0.717, 1.165) is 36.3 Å². The van der Waals surface area contributed by atoms with Gasteiger partial charge in [0.1, 0.15) is 17.5 Å². The monoisotopic (exact) mass is 254 g/mol. The number of nitrogen functional groups attached to an aromatic ring is 1. The van der Waals surface area contributed by atoms with Crippen LogP contribution in [0.5, 0.6) is 0 Å². The van der Waals surface area contributed by atoms with Crippen molar-refractivity contribution in [3.8, 4) is 17.4 Å². The first-order chi connectivity index (χ1) is 9.20. The maximum Gasteiger partial charge on any atom is 0.289 e. The second-order valence-corrected chi connectivity index (χ2v) is 5.18. The highest BCUT2D eigenvalue weighted by molar-refractivity contribution is 5.74.